The van der Waals surface area contributed by atoms with Crippen molar-refractivity contribution in [1.82, 2.24) is 14.9 Å². The second kappa shape index (κ2) is 8.67. The first-order chi connectivity index (χ1) is 13.7. The molecule has 0 saturated carbocycles. The highest BCUT2D eigenvalue weighted by Gasteiger charge is 2.30. The van der Waals surface area contributed by atoms with Crippen molar-refractivity contribution in [3.05, 3.63) is 47.8 Å². The van der Waals surface area contributed by atoms with E-state index in [1.54, 1.807) is 4.90 Å². The van der Waals surface area contributed by atoms with Crippen molar-refractivity contribution >= 4 is 17.5 Å². The van der Waals surface area contributed by atoms with E-state index in [-0.39, 0.29) is 18.4 Å². The number of hydrogen-bond donors (Lipinski definition) is 1. The Kier molecular flexibility index (Phi) is 6.24. The Morgan fingerprint density at radius 2 is 1.83 bits per heavy atom. The molecule has 0 radical (unpaired) electrons. The first-order valence-corrected chi connectivity index (χ1v) is 9.42. The molecule has 29 heavy (non-hydrogen) atoms. The molecule has 0 atom stereocenters. The molecule has 156 valence electrons. The van der Waals surface area contributed by atoms with Gasteiger partial charge in [-0.2, -0.15) is 13.2 Å². The van der Waals surface area contributed by atoms with Crippen molar-refractivity contribution in [3.63, 3.8) is 0 Å². The van der Waals surface area contributed by atoms with Gasteiger partial charge in [-0.3, -0.25) is 4.79 Å². The zero-order valence-electron chi connectivity index (χ0n) is 16.4. The van der Waals surface area contributed by atoms with Gasteiger partial charge in [0.2, 0.25) is 5.91 Å². The zero-order valence-corrected chi connectivity index (χ0v) is 16.4. The summed E-state index contributed by atoms with van der Waals surface area (Å²) in [6.07, 6.45) is -1.19. The molecule has 9 heteroatoms. The van der Waals surface area contributed by atoms with Crippen LogP contribution in [0, 0.1) is 0 Å². The van der Waals surface area contributed by atoms with Crippen molar-refractivity contribution in [2.75, 3.05) is 37.4 Å². The van der Waals surface area contributed by atoms with Crippen LogP contribution in [0.15, 0.2) is 36.7 Å². The van der Waals surface area contributed by atoms with E-state index < -0.39 is 11.7 Å². The van der Waals surface area contributed by atoms with E-state index in [2.05, 4.69) is 15.3 Å². The van der Waals surface area contributed by atoms with Gasteiger partial charge in [0.25, 0.3) is 0 Å². The highest BCUT2D eigenvalue weighted by Crippen LogP contribution is 2.29. The van der Waals surface area contributed by atoms with Gasteiger partial charge in [0.05, 0.1) is 12.0 Å². The van der Waals surface area contributed by atoms with Gasteiger partial charge in [-0.05, 0) is 30.5 Å². The molecule has 1 aliphatic rings. The summed E-state index contributed by atoms with van der Waals surface area (Å²) < 4.78 is 37.9. The topological polar surface area (TPSA) is 61.4 Å². The number of anilines is 2. The summed E-state index contributed by atoms with van der Waals surface area (Å²) in [5, 5.41) is 3.38. The molecule has 2 aromatic rings. The number of amides is 1. The minimum absolute atomic E-state index is 0.0693. The van der Waals surface area contributed by atoms with Crippen LogP contribution in [0.5, 0.6) is 0 Å². The maximum Gasteiger partial charge on any atom is 0.416 e. The normalized spacial score (nSPS) is 15.3. The lowest BCUT2D eigenvalue weighted by Gasteiger charge is -2.32. The van der Waals surface area contributed by atoms with Gasteiger partial charge in [0.15, 0.2) is 0 Å². The van der Waals surface area contributed by atoms with E-state index in [1.165, 1.54) is 18.5 Å². The summed E-state index contributed by atoms with van der Waals surface area (Å²) >= 11 is 0. The highest BCUT2D eigenvalue weighted by molar-refractivity contribution is 5.79. The summed E-state index contributed by atoms with van der Waals surface area (Å²) in [5.41, 5.74) is -0.122. The summed E-state index contributed by atoms with van der Waals surface area (Å²) in [7, 11) is 3.82. The molecule has 1 aromatic carbocycles. The molecule has 0 unspecified atom stereocenters. The minimum Gasteiger partial charge on any atom is -0.367 e. The predicted octanol–water partition coefficient (Wildman–Crippen LogP) is 3.21. The number of likely N-dealkylation sites (tertiary alicyclic amines) is 1. The van der Waals surface area contributed by atoms with Gasteiger partial charge in [-0.1, -0.05) is 12.1 Å². The fraction of sp³-hybridized carbons (Fsp3) is 0.450. The first kappa shape index (κ1) is 20.9. The number of aromatic nitrogens is 2. The Morgan fingerprint density at radius 3 is 2.41 bits per heavy atom. The largest absolute Gasteiger partial charge is 0.416 e. The second-order valence-electron chi connectivity index (χ2n) is 7.33. The molecule has 6 nitrogen and oxygen atoms in total. The average molecular weight is 407 g/mol. The van der Waals surface area contributed by atoms with E-state index in [1.807, 2.05) is 25.1 Å². The molecule has 0 spiro atoms. The van der Waals surface area contributed by atoms with Gasteiger partial charge < -0.3 is 15.1 Å². The van der Waals surface area contributed by atoms with Crippen molar-refractivity contribution in [3.8, 4) is 0 Å². The third-order valence-electron chi connectivity index (χ3n) is 4.95. The number of piperidine rings is 1. The third-order valence-corrected chi connectivity index (χ3v) is 4.95. The van der Waals surface area contributed by atoms with E-state index in [9.17, 15) is 18.0 Å². The van der Waals surface area contributed by atoms with Crippen LogP contribution in [0.3, 0.4) is 0 Å². The lowest BCUT2D eigenvalue weighted by molar-refractivity contribution is -0.137. The number of benzene rings is 1. The molecule has 1 fully saturated rings. The molecule has 0 aliphatic carbocycles. The van der Waals surface area contributed by atoms with Gasteiger partial charge in [-0.25, -0.2) is 9.97 Å². The summed E-state index contributed by atoms with van der Waals surface area (Å²) in [4.78, 5) is 24.6. The van der Waals surface area contributed by atoms with Gasteiger partial charge in [0.1, 0.15) is 18.0 Å². The molecule has 3 rings (SSSR count). The van der Waals surface area contributed by atoms with E-state index in [0.29, 0.717) is 18.7 Å². The monoisotopic (exact) mass is 407 g/mol. The molecule has 1 amide bonds. The fourth-order valence-corrected chi connectivity index (χ4v) is 3.25. The molecule has 1 saturated heterocycles. The number of nitrogens with one attached hydrogen (secondary N) is 1. The van der Waals surface area contributed by atoms with E-state index in [4.69, 9.17) is 0 Å². The van der Waals surface area contributed by atoms with Crippen LogP contribution in [-0.4, -0.2) is 54.0 Å². The van der Waals surface area contributed by atoms with Crippen LogP contribution in [0.4, 0.5) is 24.8 Å². The standard InChI is InChI=1S/C20H24F3N5O/c1-27(2)18-12-17(24-13-25-18)26-16-7-9-28(10-8-16)19(29)11-14-3-5-15(6-4-14)20(21,22)23/h3-6,12-13,16H,7-11H2,1-2H3,(H,24,25,26). The van der Waals surface area contributed by atoms with Gasteiger partial charge in [-0.15, -0.1) is 0 Å². The van der Waals surface area contributed by atoms with Crippen molar-refractivity contribution in [1.29, 1.82) is 0 Å². The predicted molar refractivity (Wildman–Crippen MR) is 105 cm³/mol. The number of carbonyl (C=O) groups excluding carboxylic acids is 1. The molecule has 0 bridgehead atoms. The number of nitrogens with zero attached hydrogens (tertiary/aromatic N) is 4. The molecular formula is C20H24F3N5O. The summed E-state index contributed by atoms with van der Waals surface area (Å²) in [5.74, 6) is 1.49. The Bertz CT molecular complexity index is 831. The Balaban J connectivity index is 1.50. The second-order valence-corrected chi connectivity index (χ2v) is 7.33. The van der Waals surface area contributed by atoms with Gasteiger partial charge >= 0.3 is 6.18 Å². The highest BCUT2D eigenvalue weighted by atomic mass is 19.4. The van der Waals surface area contributed by atoms with Crippen LogP contribution in [0.1, 0.15) is 24.0 Å². The molecule has 2 heterocycles. The Morgan fingerprint density at radius 1 is 1.17 bits per heavy atom. The molecule has 1 N–H and O–H groups in total. The number of hydrogen-bond acceptors (Lipinski definition) is 5. The van der Waals surface area contributed by atoms with Crippen LogP contribution in [-0.2, 0) is 17.4 Å². The molecule has 1 aromatic heterocycles. The fourth-order valence-electron chi connectivity index (χ4n) is 3.25. The van der Waals surface area contributed by atoms with Crippen LogP contribution < -0.4 is 10.2 Å². The molecule has 1 aliphatic heterocycles. The third kappa shape index (κ3) is 5.58. The van der Waals surface area contributed by atoms with Crippen LogP contribution in [0.25, 0.3) is 0 Å². The number of alkyl halides is 3. The average Bonchev–Trinajstić information content (AvgIpc) is 2.68. The van der Waals surface area contributed by atoms with Crippen LogP contribution in [0.2, 0.25) is 0 Å². The van der Waals surface area contributed by atoms with E-state index in [0.717, 1.165) is 36.6 Å². The smallest absolute Gasteiger partial charge is 0.367 e. The summed E-state index contributed by atoms with van der Waals surface area (Å²) in [6, 6.07) is 6.85. The van der Waals surface area contributed by atoms with E-state index >= 15 is 0 Å². The lowest BCUT2D eigenvalue weighted by Crippen LogP contribution is -2.43. The van der Waals surface area contributed by atoms with Crippen LogP contribution >= 0.6 is 0 Å². The number of carbonyl (C=O) groups is 1. The number of halogens is 3. The summed E-state index contributed by atoms with van der Waals surface area (Å²) in [6.45, 7) is 1.20. The minimum atomic E-state index is -4.37. The SMILES string of the molecule is CN(C)c1cc(NC2CCN(C(=O)Cc3ccc(C(F)(F)F)cc3)CC2)ncn1. The lowest BCUT2D eigenvalue weighted by atomic mass is 10.0. The Labute approximate surface area is 167 Å². The first-order valence-electron chi connectivity index (χ1n) is 9.42. The zero-order chi connectivity index (χ0) is 21.0. The van der Waals surface area contributed by atoms with Crippen molar-refractivity contribution in [2.24, 2.45) is 0 Å². The Hall–Kier alpha value is -2.84. The quantitative estimate of drug-likeness (QED) is 0.825. The number of rotatable bonds is 5. The maximum atomic E-state index is 12.6. The van der Waals surface area contributed by atoms with Crippen molar-refractivity contribution < 1.29 is 18.0 Å². The van der Waals surface area contributed by atoms with Crippen molar-refractivity contribution in [2.45, 2.75) is 31.5 Å². The van der Waals surface area contributed by atoms with Gasteiger partial charge in [0, 0.05) is 39.3 Å². The molecular weight excluding hydrogens is 383 g/mol. The maximum absolute atomic E-state index is 12.6.